The molecule has 1 N–H and O–H groups in total. The SMILES string of the molecule is CCc1ccc(NC(=O)/C(C#N)=C/c2cc(Cl)c(OCc3ccc(C)cc3)c(Cl)c2)cc1. The Balaban J connectivity index is 1.74. The first-order valence-electron chi connectivity index (χ1n) is 10.1. The Morgan fingerprint density at radius 3 is 2.19 bits per heavy atom. The topological polar surface area (TPSA) is 62.1 Å². The molecule has 0 saturated heterocycles. The lowest BCUT2D eigenvalue weighted by molar-refractivity contribution is -0.112. The van der Waals surface area contributed by atoms with Gasteiger partial charge in [-0.2, -0.15) is 5.26 Å². The Hall–Kier alpha value is -3.26. The average Bonchev–Trinajstić information content (AvgIpc) is 2.78. The Labute approximate surface area is 198 Å². The summed E-state index contributed by atoms with van der Waals surface area (Å²) in [4.78, 5) is 12.5. The van der Waals surface area contributed by atoms with Crippen LogP contribution in [0.2, 0.25) is 10.0 Å². The fraction of sp³-hybridized carbons (Fsp3) is 0.154. The summed E-state index contributed by atoms with van der Waals surface area (Å²) in [7, 11) is 0. The molecule has 0 saturated carbocycles. The normalized spacial score (nSPS) is 11.0. The third kappa shape index (κ3) is 6.13. The van der Waals surface area contributed by atoms with Crippen LogP contribution in [-0.2, 0) is 17.8 Å². The number of carbonyl (C=O) groups is 1. The van der Waals surface area contributed by atoms with Gasteiger partial charge in [0, 0.05) is 5.69 Å². The van der Waals surface area contributed by atoms with Crippen LogP contribution in [0.5, 0.6) is 5.75 Å². The minimum atomic E-state index is -0.510. The van der Waals surface area contributed by atoms with Gasteiger partial charge in [-0.05, 0) is 60.4 Å². The number of hydrogen-bond acceptors (Lipinski definition) is 3. The quantitative estimate of drug-likeness (QED) is 0.302. The number of nitrogens with zero attached hydrogens (tertiary/aromatic N) is 1. The summed E-state index contributed by atoms with van der Waals surface area (Å²) in [5.74, 6) is -0.159. The van der Waals surface area contributed by atoms with E-state index in [1.165, 1.54) is 6.08 Å². The first-order chi connectivity index (χ1) is 15.4. The van der Waals surface area contributed by atoms with Crippen LogP contribution in [-0.4, -0.2) is 5.91 Å². The molecule has 0 heterocycles. The number of benzene rings is 3. The number of anilines is 1. The second-order valence-electron chi connectivity index (χ2n) is 7.26. The van der Waals surface area contributed by atoms with Gasteiger partial charge in [-0.25, -0.2) is 0 Å². The van der Waals surface area contributed by atoms with Crippen LogP contribution in [0, 0.1) is 18.3 Å². The zero-order valence-corrected chi connectivity index (χ0v) is 19.3. The average molecular weight is 465 g/mol. The van der Waals surface area contributed by atoms with Crippen LogP contribution in [0.3, 0.4) is 0 Å². The van der Waals surface area contributed by atoms with Gasteiger partial charge in [0.1, 0.15) is 18.2 Å². The first kappa shape index (κ1) is 23.4. The van der Waals surface area contributed by atoms with E-state index in [-0.39, 0.29) is 5.57 Å². The van der Waals surface area contributed by atoms with Gasteiger partial charge in [0.05, 0.1) is 10.0 Å². The molecule has 0 fully saturated rings. The molecule has 6 heteroatoms. The van der Waals surface area contributed by atoms with Gasteiger partial charge in [-0.15, -0.1) is 0 Å². The van der Waals surface area contributed by atoms with Crippen LogP contribution in [0.15, 0.2) is 66.2 Å². The minimum Gasteiger partial charge on any atom is -0.486 e. The molecule has 0 bridgehead atoms. The lowest BCUT2D eigenvalue weighted by atomic mass is 10.1. The molecule has 3 aromatic rings. The van der Waals surface area contributed by atoms with Gasteiger partial charge in [0.25, 0.3) is 5.91 Å². The molecule has 0 aromatic heterocycles. The number of ether oxygens (including phenoxy) is 1. The van der Waals surface area contributed by atoms with E-state index in [2.05, 4.69) is 12.2 Å². The van der Waals surface area contributed by atoms with Crippen molar-refractivity contribution in [1.82, 2.24) is 0 Å². The highest BCUT2D eigenvalue weighted by Crippen LogP contribution is 2.35. The van der Waals surface area contributed by atoms with Gasteiger partial charge in [0.2, 0.25) is 0 Å². The van der Waals surface area contributed by atoms with Crippen molar-refractivity contribution in [3.8, 4) is 11.8 Å². The predicted molar refractivity (Wildman–Crippen MR) is 130 cm³/mol. The lowest BCUT2D eigenvalue weighted by Gasteiger charge is -2.11. The van der Waals surface area contributed by atoms with Crippen molar-refractivity contribution in [1.29, 1.82) is 5.26 Å². The number of halogens is 2. The maximum atomic E-state index is 12.5. The van der Waals surface area contributed by atoms with E-state index in [1.54, 1.807) is 24.3 Å². The summed E-state index contributed by atoms with van der Waals surface area (Å²) in [6, 6.07) is 20.6. The third-order valence-corrected chi connectivity index (χ3v) is 5.38. The van der Waals surface area contributed by atoms with Crippen molar-refractivity contribution in [2.75, 3.05) is 5.32 Å². The Kier molecular flexibility index (Phi) is 7.94. The van der Waals surface area contributed by atoms with Crippen molar-refractivity contribution >= 4 is 40.9 Å². The molecular weight excluding hydrogens is 443 g/mol. The van der Waals surface area contributed by atoms with Gasteiger partial charge < -0.3 is 10.1 Å². The molecule has 162 valence electrons. The molecule has 0 spiro atoms. The van der Waals surface area contributed by atoms with Gasteiger partial charge in [-0.1, -0.05) is 72.1 Å². The first-order valence-corrected chi connectivity index (χ1v) is 10.8. The van der Waals surface area contributed by atoms with Crippen molar-refractivity contribution in [2.45, 2.75) is 26.9 Å². The molecule has 0 aliphatic carbocycles. The number of amides is 1. The molecule has 4 nitrogen and oxygen atoms in total. The fourth-order valence-electron chi connectivity index (χ4n) is 2.98. The van der Waals surface area contributed by atoms with E-state index in [4.69, 9.17) is 27.9 Å². The van der Waals surface area contributed by atoms with Crippen LogP contribution >= 0.6 is 23.2 Å². The number of nitrogens with one attached hydrogen (secondary N) is 1. The monoisotopic (exact) mass is 464 g/mol. The van der Waals surface area contributed by atoms with Gasteiger partial charge in [-0.3, -0.25) is 4.79 Å². The zero-order chi connectivity index (χ0) is 23.1. The Morgan fingerprint density at radius 1 is 1.03 bits per heavy atom. The van der Waals surface area contributed by atoms with Crippen molar-refractivity contribution in [3.63, 3.8) is 0 Å². The van der Waals surface area contributed by atoms with Crippen molar-refractivity contribution in [2.24, 2.45) is 0 Å². The van der Waals surface area contributed by atoms with Gasteiger partial charge >= 0.3 is 0 Å². The summed E-state index contributed by atoms with van der Waals surface area (Å²) in [5.41, 5.74) is 4.39. The summed E-state index contributed by atoms with van der Waals surface area (Å²) in [6.45, 7) is 4.39. The van der Waals surface area contributed by atoms with Crippen LogP contribution < -0.4 is 10.1 Å². The number of rotatable bonds is 7. The van der Waals surface area contributed by atoms with Crippen LogP contribution in [0.25, 0.3) is 6.08 Å². The molecule has 32 heavy (non-hydrogen) atoms. The fourth-order valence-corrected chi connectivity index (χ4v) is 3.59. The Bertz CT molecular complexity index is 1150. The highest BCUT2D eigenvalue weighted by Gasteiger charge is 2.13. The Morgan fingerprint density at radius 2 is 1.62 bits per heavy atom. The summed E-state index contributed by atoms with van der Waals surface area (Å²) < 4.78 is 5.80. The maximum Gasteiger partial charge on any atom is 0.266 e. The summed E-state index contributed by atoms with van der Waals surface area (Å²) in [6.07, 6.45) is 2.35. The smallest absolute Gasteiger partial charge is 0.266 e. The molecule has 0 aliphatic rings. The van der Waals surface area contributed by atoms with Crippen molar-refractivity contribution in [3.05, 3.63) is 98.5 Å². The number of hydrogen-bond donors (Lipinski definition) is 1. The molecule has 0 radical (unpaired) electrons. The van der Waals surface area contributed by atoms with E-state index in [9.17, 15) is 10.1 Å². The second kappa shape index (κ2) is 10.9. The van der Waals surface area contributed by atoms with Gasteiger partial charge in [0.15, 0.2) is 5.75 Å². The number of nitriles is 1. The lowest BCUT2D eigenvalue weighted by Crippen LogP contribution is -2.13. The molecular formula is C26H22Cl2N2O2. The molecule has 3 aromatic carbocycles. The standard InChI is InChI=1S/C26H22Cl2N2O2/c1-3-18-8-10-22(11-9-18)30-26(31)21(15-29)12-20-13-23(27)25(24(28)14-20)32-16-19-6-4-17(2)5-7-19/h4-14H,3,16H2,1-2H3,(H,30,31)/b21-12+. The van der Waals surface area contributed by atoms with E-state index >= 15 is 0 Å². The maximum absolute atomic E-state index is 12.5. The molecule has 0 atom stereocenters. The van der Waals surface area contributed by atoms with Crippen molar-refractivity contribution < 1.29 is 9.53 Å². The number of aryl methyl sites for hydroxylation is 2. The van der Waals surface area contributed by atoms with E-state index in [1.807, 2.05) is 49.4 Å². The highest BCUT2D eigenvalue weighted by atomic mass is 35.5. The third-order valence-electron chi connectivity index (χ3n) is 4.82. The zero-order valence-electron chi connectivity index (χ0n) is 17.8. The second-order valence-corrected chi connectivity index (χ2v) is 8.08. The molecule has 1 amide bonds. The van der Waals surface area contributed by atoms with E-state index < -0.39 is 5.91 Å². The van der Waals surface area contributed by atoms with E-state index in [0.29, 0.717) is 33.7 Å². The van der Waals surface area contributed by atoms with E-state index in [0.717, 1.165) is 23.1 Å². The summed E-state index contributed by atoms with van der Waals surface area (Å²) in [5, 5.41) is 12.8. The molecule has 3 rings (SSSR count). The predicted octanol–water partition coefficient (Wildman–Crippen LogP) is 6.99. The van der Waals surface area contributed by atoms with Crippen LogP contribution in [0.4, 0.5) is 5.69 Å². The van der Waals surface area contributed by atoms with Crippen LogP contribution in [0.1, 0.15) is 29.2 Å². The number of carbonyl (C=O) groups excluding carboxylic acids is 1. The summed E-state index contributed by atoms with van der Waals surface area (Å²) >= 11 is 12.7. The molecule has 0 aliphatic heterocycles. The molecule has 0 unspecified atom stereocenters. The largest absolute Gasteiger partial charge is 0.486 e. The highest BCUT2D eigenvalue weighted by molar-refractivity contribution is 6.37. The minimum absolute atomic E-state index is 0.0648.